The zero-order valence-corrected chi connectivity index (χ0v) is 16.7. The first kappa shape index (κ1) is 20.0. The highest BCUT2D eigenvalue weighted by molar-refractivity contribution is 7.92. The highest BCUT2D eigenvalue weighted by Crippen LogP contribution is 2.25. The van der Waals surface area contributed by atoms with Crippen LogP contribution in [0.3, 0.4) is 0 Å². The summed E-state index contributed by atoms with van der Waals surface area (Å²) in [5.74, 6) is -0.347. The number of aryl methyl sites for hydroxylation is 3. The predicted octanol–water partition coefficient (Wildman–Crippen LogP) is 3.80. The minimum atomic E-state index is -3.63. The quantitative estimate of drug-likeness (QED) is 0.836. The van der Waals surface area contributed by atoms with Crippen molar-refractivity contribution in [2.24, 2.45) is 0 Å². The molecule has 0 bridgehead atoms. The molecule has 2 aromatic carbocycles. The van der Waals surface area contributed by atoms with E-state index in [9.17, 15) is 13.2 Å². The Bertz CT molecular complexity index is 890. The Balaban J connectivity index is 2.39. The molecule has 140 valence electrons. The van der Waals surface area contributed by atoms with Gasteiger partial charge < -0.3 is 5.32 Å². The van der Waals surface area contributed by atoms with Gasteiger partial charge in [-0.25, -0.2) is 8.42 Å². The van der Waals surface area contributed by atoms with Crippen LogP contribution in [0.15, 0.2) is 42.5 Å². The molecule has 1 atom stereocenters. The molecule has 0 aliphatic carbocycles. The zero-order valence-electron chi connectivity index (χ0n) is 15.9. The van der Waals surface area contributed by atoms with Crippen molar-refractivity contribution in [3.05, 3.63) is 59.2 Å². The molecule has 5 nitrogen and oxygen atoms in total. The molecule has 0 saturated carbocycles. The van der Waals surface area contributed by atoms with Crippen molar-refractivity contribution in [3.8, 4) is 0 Å². The maximum Gasteiger partial charge on any atom is 0.248 e. The number of hydrogen-bond acceptors (Lipinski definition) is 3. The van der Waals surface area contributed by atoms with Gasteiger partial charge in [0.05, 0.1) is 11.9 Å². The Labute approximate surface area is 156 Å². The third kappa shape index (κ3) is 4.64. The Hall–Kier alpha value is -2.34. The van der Waals surface area contributed by atoms with E-state index >= 15 is 0 Å². The minimum absolute atomic E-state index is 0.347. The third-order valence-corrected chi connectivity index (χ3v) is 5.57. The zero-order chi connectivity index (χ0) is 19.5. The summed E-state index contributed by atoms with van der Waals surface area (Å²) in [4.78, 5) is 12.8. The number of rotatable bonds is 6. The number of anilines is 2. The molecule has 26 heavy (non-hydrogen) atoms. The van der Waals surface area contributed by atoms with Gasteiger partial charge in [0.2, 0.25) is 15.9 Å². The fourth-order valence-electron chi connectivity index (χ4n) is 2.79. The van der Waals surface area contributed by atoms with E-state index in [4.69, 9.17) is 0 Å². The van der Waals surface area contributed by atoms with E-state index < -0.39 is 16.1 Å². The van der Waals surface area contributed by atoms with Gasteiger partial charge in [0.1, 0.15) is 6.04 Å². The van der Waals surface area contributed by atoms with Crippen molar-refractivity contribution in [2.75, 3.05) is 15.9 Å². The SMILES string of the molecule is CC[C@H](C(=O)Nc1ccc(C)cc1)N(c1ccc(C)c(C)c1)S(C)(=O)=O. The van der Waals surface area contributed by atoms with Crippen LogP contribution in [0, 0.1) is 20.8 Å². The fraction of sp³-hybridized carbons (Fsp3) is 0.350. The second-order valence-corrected chi connectivity index (χ2v) is 8.47. The monoisotopic (exact) mass is 374 g/mol. The number of nitrogens with zero attached hydrogens (tertiary/aromatic N) is 1. The van der Waals surface area contributed by atoms with Gasteiger partial charge in [-0.1, -0.05) is 30.7 Å². The number of sulfonamides is 1. The van der Waals surface area contributed by atoms with E-state index in [0.29, 0.717) is 17.8 Å². The van der Waals surface area contributed by atoms with Crippen LogP contribution in [0.2, 0.25) is 0 Å². The lowest BCUT2D eigenvalue weighted by atomic mass is 10.1. The predicted molar refractivity (Wildman–Crippen MR) is 107 cm³/mol. The van der Waals surface area contributed by atoms with Gasteiger partial charge in [-0.05, 0) is 62.6 Å². The molecule has 0 unspecified atom stereocenters. The van der Waals surface area contributed by atoms with Gasteiger partial charge in [-0.15, -0.1) is 0 Å². The maximum absolute atomic E-state index is 12.8. The van der Waals surface area contributed by atoms with Gasteiger partial charge >= 0.3 is 0 Å². The van der Waals surface area contributed by atoms with Crippen LogP contribution in [0.5, 0.6) is 0 Å². The first-order valence-electron chi connectivity index (χ1n) is 8.57. The molecule has 0 aliphatic rings. The molecule has 1 N–H and O–H groups in total. The maximum atomic E-state index is 12.8. The Morgan fingerprint density at radius 3 is 2.15 bits per heavy atom. The molecule has 0 fully saturated rings. The normalized spacial score (nSPS) is 12.5. The van der Waals surface area contributed by atoms with Crippen molar-refractivity contribution in [1.82, 2.24) is 0 Å². The van der Waals surface area contributed by atoms with E-state index in [1.807, 2.05) is 39.0 Å². The Kier molecular flexibility index (Phi) is 6.08. The molecular weight excluding hydrogens is 348 g/mol. The van der Waals surface area contributed by atoms with Gasteiger partial charge in [-0.3, -0.25) is 9.10 Å². The Morgan fingerprint density at radius 2 is 1.65 bits per heavy atom. The second-order valence-electron chi connectivity index (χ2n) is 6.61. The fourth-order valence-corrected chi connectivity index (χ4v) is 3.99. The van der Waals surface area contributed by atoms with Crippen LogP contribution in [0.1, 0.15) is 30.0 Å². The van der Waals surface area contributed by atoms with Crippen LogP contribution < -0.4 is 9.62 Å². The standard InChI is InChI=1S/C20H26N2O3S/c1-6-19(20(23)21-17-10-7-14(2)8-11-17)22(26(5,24)25)18-12-9-15(3)16(4)13-18/h7-13,19H,6H2,1-5H3,(H,21,23)/t19-/m1/s1. The second kappa shape index (κ2) is 7.91. The lowest BCUT2D eigenvalue weighted by molar-refractivity contribution is -0.117. The van der Waals surface area contributed by atoms with E-state index in [-0.39, 0.29) is 5.91 Å². The van der Waals surface area contributed by atoms with Crippen LogP contribution in [0.4, 0.5) is 11.4 Å². The molecular formula is C20H26N2O3S. The minimum Gasteiger partial charge on any atom is -0.324 e. The first-order valence-corrected chi connectivity index (χ1v) is 10.4. The summed E-state index contributed by atoms with van der Waals surface area (Å²) in [5.41, 5.74) is 4.28. The Morgan fingerprint density at radius 1 is 1.04 bits per heavy atom. The van der Waals surface area contributed by atoms with Crippen molar-refractivity contribution < 1.29 is 13.2 Å². The summed E-state index contributed by atoms with van der Waals surface area (Å²) in [6.07, 6.45) is 1.49. The first-order chi connectivity index (χ1) is 12.1. The van der Waals surface area contributed by atoms with E-state index in [1.165, 1.54) is 4.31 Å². The van der Waals surface area contributed by atoms with Gasteiger partial charge in [0, 0.05) is 5.69 Å². The van der Waals surface area contributed by atoms with Crippen LogP contribution in [-0.4, -0.2) is 26.6 Å². The third-order valence-electron chi connectivity index (χ3n) is 4.39. The summed E-state index contributed by atoms with van der Waals surface area (Å²) in [6, 6.07) is 12.0. The molecule has 0 aromatic heterocycles. The number of nitrogens with one attached hydrogen (secondary N) is 1. The largest absolute Gasteiger partial charge is 0.324 e. The summed E-state index contributed by atoms with van der Waals surface area (Å²) in [7, 11) is -3.63. The van der Waals surface area contributed by atoms with Gasteiger partial charge in [-0.2, -0.15) is 0 Å². The average Bonchev–Trinajstić information content (AvgIpc) is 2.56. The van der Waals surface area contributed by atoms with Crippen molar-refractivity contribution in [2.45, 2.75) is 40.2 Å². The topological polar surface area (TPSA) is 66.5 Å². The van der Waals surface area contributed by atoms with Crippen molar-refractivity contribution in [1.29, 1.82) is 0 Å². The van der Waals surface area contributed by atoms with Crippen LogP contribution in [0.25, 0.3) is 0 Å². The smallest absolute Gasteiger partial charge is 0.248 e. The van der Waals surface area contributed by atoms with Crippen LogP contribution in [-0.2, 0) is 14.8 Å². The number of carbonyl (C=O) groups excluding carboxylic acids is 1. The molecule has 1 amide bonds. The van der Waals surface area contributed by atoms with E-state index in [2.05, 4.69) is 5.32 Å². The van der Waals surface area contributed by atoms with E-state index in [0.717, 1.165) is 22.9 Å². The molecule has 0 radical (unpaired) electrons. The molecule has 0 aliphatic heterocycles. The van der Waals surface area contributed by atoms with Crippen molar-refractivity contribution in [3.63, 3.8) is 0 Å². The summed E-state index contributed by atoms with van der Waals surface area (Å²) >= 11 is 0. The highest BCUT2D eigenvalue weighted by atomic mass is 32.2. The average molecular weight is 375 g/mol. The van der Waals surface area contributed by atoms with E-state index in [1.54, 1.807) is 31.2 Å². The molecule has 0 heterocycles. The summed E-state index contributed by atoms with van der Waals surface area (Å²) in [5, 5.41) is 2.82. The number of benzene rings is 2. The summed E-state index contributed by atoms with van der Waals surface area (Å²) < 4.78 is 26.2. The highest BCUT2D eigenvalue weighted by Gasteiger charge is 2.31. The number of amides is 1. The number of carbonyl (C=O) groups is 1. The van der Waals surface area contributed by atoms with Crippen LogP contribution >= 0.6 is 0 Å². The molecule has 0 spiro atoms. The number of hydrogen-bond donors (Lipinski definition) is 1. The molecule has 6 heteroatoms. The van der Waals surface area contributed by atoms with Crippen molar-refractivity contribution >= 4 is 27.3 Å². The lowest BCUT2D eigenvalue weighted by Gasteiger charge is -2.30. The van der Waals surface area contributed by atoms with Gasteiger partial charge in [0.15, 0.2) is 0 Å². The molecule has 2 aromatic rings. The molecule has 2 rings (SSSR count). The van der Waals surface area contributed by atoms with Gasteiger partial charge in [0.25, 0.3) is 0 Å². The molecule has 0 saturated heterocycles. The summed E-state index contributed by atoms with van der Waals surface area (Å²) in [6.45, 7) is 7.65. The lowest BCUT2D eigenvalue weighted by Crippen LogP contribution is -2.47.